The lowest BCUT2D eigenvalue weighted by Crippen LogP contribution is -2.50. The highest BCUT2D eigenvalue weighted by Gasteiger charge is 2.43. The van der Waals surface area contributed by atoms with Crippen molar-refractivity contribution >= 4 is 11.8 Å². The van der Waals surface area contributed by atoms with Gasteiger partial charge in [-0.05, 0) is 25.7 Å². The highest BCUT2D eigenvalue weighted by molar-refractivity contribution is 5.82. The highest BCUT2D eigenvalue weighted by atomic mass is 19.4. The van der Waals surface area contributed by atoms with E-state index in [9.17, 15) is 22.8 Å². The van der Waals surface area contributed by atoms with Gasteiger partial charge in [0.2, 0.25) is 5.91 Å². The molecule has 1 saturated heterocycles. The highest BCUT2D eigenvalue weighted by Crippen LogP contribution is 2.26. The fourth-order valence-corrected chi connectivity index (χ4v) is 2.91. The van der Waals surface area contributed by atoms with Crippen molar-refractivity contribution in [2.75, 3.05) is 13.1 Å². The summed E-state index contributed by atoms with van der Waals surface area (Å²) in [6.45, 7) is 0.0991. The summed E-state index contributed by atoms with van der Waals surface area (Å²) in [5.74, 6) is -1.70. The lowest BCUT2D eigenvalue weighted by atomic mass is 10.0. The normalized spacial score (nSPS) is 22.1. The predicted octanol–water partition coefficient (Wildman–Crippen LogP) is 1.85. The molecule has 20 heavy (non-hydrogen) atoms. The van der Waals surface area contributed by atoms with Gasteiger partial charge in [-0.1, -0.05) is 12.8 Å². The maximum absolute atomic E-state index is 12.3. The van der Waals surface area contributed by atoms with Gasteiger partial charge in [0.05, 0.1) is 0 Å². The number of rotatable bonds is 2. The van der Waals surface area contributed by atoms with Crippen molar-refractivity contribution in [3.63, 3.8) is 0 Å². The fraction of sp³-hybridized carbons (Fsp3) is 0.846. The lowest BCUT2D eigenvalue weighted by Gasteiger charge is -2.33. The first kappa shape index (κ1) is 15.1. The van der Waals surface area contributed by atoms with Gasteiger partial charge in [-0.25, -0.2) is 0 Å². The van der Waals surface area contributed by atoms with Gasteiger partial charge in [0.1, 0.15) is 0 Å². The SMILES string of the molecule is O=C(NC1CCN(C(=O)C(F)(F)F)CC1)C1CCCC1. The summed E-state index contributed by atoms with van der Waals surface area (Å²) in [7, 11) is 0. The van der Waals surface area contributed by atoms with Gasteiger partial charge in [-0.2, -0.15) is 13.2 Å². The Morgan fingerprint density at radius 3 is 2.05 bits per heavy atom. The molecule has 2 aliphatic rings. The minimum Gasteiger partial charge on any atom is -0.353 e. The van der Waals surface area contributed by atoms with Crippen LogP contribution in [0.15, 0.2) is 0 Å². The lowest BCUT2D eigenvalue weighted by molar-refractivity contribution is -0.186. The topological polar surface area (TPSA) is 49.4 Å². The van der Waals surface area contributed by atoms with Crippen LogP contribution in [-0.4, -0.2) is 42.0 Å². The Morgan fingerprint density at radius 2 is 1.55 bits per heavy atom. The van der Waals surface area contributed by atoms with E-state index < -0.39 is 12.1 Å². The molecule has 4 nitrogen and oxygen atoms in total. The molecule has 1 heterocycles. The molecule has 2 fully saturated rings. The van der Waals surface area contributed by atoms with Gasteiger partial charge in [0.15, 0.2) is 0 Å². The molecule has 2 amide bonds. The van der Waals surface area contributed by atoms with E-state index in [2.05, 4.69) is 5.32 Å². The Morgan fingerprint density at radius 1 is 1.00 bits per heavy atom. The third kappa shape index (κ3) is 3.64. The summed E-state index contributed by atoms with van der Waals surface area (Å²) in [6.07, 6.45) is -0.0950. The summed E-state index contributed by atoms with van der Waals surface area (Å²) < 4.78 is 36.9. The first-order valence-corrected chi connectivity index (χ1v) is 7.04. The molecule has 0 spiro atoms. The van der Waals surface area contributed by atoms with E-state index in [-0.39, 0.29) is 31.0 Å². The number of piperidine rings is 1. The quantitative estimate of drug-likeness (QED) is 0.844. The Hall–Kier alpha value is -1.27. The van der Waals surface area contributed by atoms with Crippen LogP contribution in [0.1, 0.15) is 38.5 Å². The number of hydrogen-bond donors (Lipinski definition) is 1. The van der Waals surface area contributed by atoms with Crippen molar-refractivity contribution in [2.45, 2.75) is 50.7 Å². The van der Waals surface area contributed by atoms with Crippen LogP contribution in [0.4, 0.5) is 13.2 Å². The first-order valence-electron chi connectivity index (χ1n) is 7.04. The number of carbonyl (C=O) groups excluding carboxylic acids is 2. The molecule has 0 aromatic rings. The van der Waals surface area contributed by atoms with E-state index in [0.717, 1.165) is 30.6 Å². The number of nitrogens with one attached hydrogen (secondary N) is 1. The smallest absolute Gasteiger partial charge is 0.353 e. The van der Waals surface area contributed by atoms with Crippen molar-refractivity contribution in [1.82, 2.24) is 10.2 Å². The van der Waals surface area contributed by atoms with Crippen LogP contribution in [0, 0.1) is 5.92 Å². The standard InChI is InChI=1S/C13H19F3N2O2/c14-13(15,16)12(20)18-7-5-10(6-8-18)17-11(19)9-3-1-2-4-9/h9-10H,1-8H2,(H,17,19). The van der Waals surface area contributed by atoms with Crippen molar-refractivity contribution in [3.05, 3.63) is 0 Å². The van der Waals surface area contributed by atoms with Crippen molar-refractivity contribution in [3.8, 4) is 0 Å². The second kappa shape index (κ2) is 6.01. The summed E-state index contributed by atoms with van der Waals surface area (Å²) in [5.41, 5.74) is 0. The van der Waals surface area contributed by atoms with Crippen molar-refractivity contribution < 1.29 is 22.8 Å². The maximum atomic E-state index is 12.3. The molecule has 0 bridgehead atoms. The van der Waals surface area contributed by atoms with Gasteiger partial charge in [0, 0.05) is 25.0 Å². The number of likely N-dealkylation sites (tertiary alicyclic amines) is 1. The third-order valence-electron chi connectivity index (χ3n) is 4.10. The molecule has 1 N–H and O–H groups in total. The van der Waals surface area contributed by atoms with E-state index in [1.54, 1.807) is 0 Å². The Labute approximate surface area is 115 Å². The maximum Gasteiger partial charge on any atom is 0.471 e. The number of nitrogens with zero attached hydrogens (tertiary/aromatic N) is 1. The van der Waals surface area contributed by atoms with Crippen LogP contribution in [0.2, 0.25) is 0 Å². The minimum absolute atomic E-state index is 0.0168. The Bertz CT molecular complexity index is 370. The van der Waals surface area contributed by atoms with Gasteiger partial charge in [-0.3, -0.25) is 9.59 Å². The average molecular weight is 292 g/mol. The molecule has 0 atom stereocenters. The van der Waals surface area contributed by atoms with Gasteiger partial charge in [-0.15, -0.1) is 0 Å². The number of halogens is 3. The zero-order valence-corrected chi connectivity index (χ0v) is 11.2. The van der Waals surface area contributed by atoms with Crippen molar-refractivity contribution in [1.29, 1.82) is 0 Å². The summed E-state index contributed by atoms with van der Waals surface area (Å²) >= 11 is 0. The van der Waals surface area contributed by atoms with Crippen LogP contribution in [0.3, 0.4) is 0 Å². The van der Waals surface area contributed by atoms with E-state index in [1.165, 1.54) is 0 Å². The van der Waals surface area contributed by atoms with Crippen LogP contribution in [0.5, 0.6) is 0 Å². The van der Waals surface area contributed by atoms with Gasteiger partial charge in [0.25, 0.3) is 0 Å². The molecular formula is C13H19F3N2O2. The number of carbonyl (C=O) groups is 2. The van der Waals surface area contributed by atoms with E-state index in [1.807, 2.05) is 0 Å². The Balaban J connectivity index is 1.77. The number of hydrogen-bond acceptors (Lipinski definition) is 2. The van der Waals surface area contributed by atoms with E-state index in [4.69, 9.17) is 0 Å². The molecule has 0 aromatic carbocycles. The van der Waals surface area contributed by atoms with Crippen LogP contribution < -0.4 is 5.32 Å². The molecular weight excluding hydrogens is 273 g/mol. The second-order valence-electron chi connectivity index (χ2n) is 5.55. The third-order valence-corrected chi connectivity index (χ3v) is 4.10. The second-order valence-corrected chi connectivity index (χ2v) is 5.55. The van der Waals surface area contributed by atoms with Crippen LogP contribution in [0.25, 0.3) is 0 Å². The predicted molar refractivity (Wildman–Crippen MR) is 65.8 cm³/mol. The molecule has 1 aliphatic carbocycles. The zero-order valence-electron chi connectivity index (χ0n) is 11.2. The molecule has 114 valence electrons. The molecule has 2 rings (SSSR count). The van der Waals surface area contributed by atoms with Crippen LogP contribution >= 0.6 is 0 Å². The van der Waals surface area contributed by atoms with E-state index in [0.29, 0.717) is 12.8 Å². The zero-order chi connectivity index (χ0) is 14.8. The Kier molecular flexibility index (Phi) is 4.55. The van der Waals surface area contributed by atoms with Crippen LogP contribution in [-0.2, 0) is 9.59 Å². The molecule has 1 aliphatic heterocycles. The summed E-state index contributed by atoms with van der Waals surface area (Å²) in [6, 6.07) is -0.111. The largest absolute Gasteiger partial charge is 0.471 e. The van der Waals surface area contributed by atoms with E-state index >= 15 is 0 Å². The summed E-state index contributed by atoms with van der Waals surface area (Å²) in [5, 5.41) is 2.90. The molecule has 1 saturated carbocycles. The molecule has 0 aromatic heterocycles. The average Bonchev–Trinajstić information content (AvgIpc) is 2.91. The van der Waals surface area contributed by atoms with Gasteiger partial charge >= 0.3 is 12.1 Å². The molecule has 0 unspecified atom stereocenters. The monoisotopic (exact) mass is 292 g/mol. The number of alkyl halides is 3. The first-order chi connectivity index (χ1) is 9.38. The molecule has 0 radical (unpaired) electrons. The number of amides is 2. The van der Waals surface area contributed by atoms with Crippen molar-refractivity contribution in [2.24, 2.45) is 5.92 Å². The minimum atomic E-state index is -4.81. The molecule has 7 heteroatoms. The van der Waals surface area contributed by atoms with Gasteiger partial charge < -0.3 is 10.2 Å². The fourth-order valence-electron chi connectivity index (χ4n) is 2.91. The summed E-state index contributed by atoms with van der Waals surface area (Å²) in [4.78, 5) is 23.8.